The summed E-state index contributed by atoms with van der Waals surface area (Å²) in [7, 11) is 0. The smallest absolute Gasteiger partial charge is 0.321 e. The molecule has 2 rings (SSSR count). The van der Waals surface area contributed by atoms with Crippen LogP contribution in [0.5, 0.6) is 0 Å². The predicted molar refractivity (Wildman–Crippen MR) is 148 cm³/mol. The number of hydrogen-bond acceptors (Lipinski definition) is 3. The molecule has 4 amide bonds. The predicted octanol–water partition coefficient (Wildman–Crippen LogP) is 6.34. The summed E-state index contributed by atoms with van der Waals surface area (Å²) in [6, 6.07) is 4.14. The molecule has 2 atom stereocenters. The second-order valence-electron chi connectivity index (χ2n) is 9.67. The van der Waals surface area contributed by atoms with Gasteiger partial charge in [-0.3, -0.25) is 9.59 Å². The monoisotopic (exact) mass is 540 g/mol. The van der Waals surface area contributed by atoms with Crippen molar-refractivity contribution in [2.24, 2.45) is 5.92 Å². The van der Waals surface area contributed by atoms with E-state index in [-0.39, 0.29) is 23.8 Å². The van der Waals surface area contributed by atoms with Crippen LogP contribution in [0.25, 0.3) is 0 Å². The zero-order valence-corrected chi connectivity index (χ0v) is 23.5. The molecule has 1 saturated heterocycles. The minimum Gasteiger partial charge on any atom is -0.344 e. The van der Waals surface area contributed by atoms with Crippen LogP contribution in [0.3, 0.4) is 0 Å². The number of amides is 4. The van der Waals surface area contributed by atoms with E-state index < -0.39 is 6.04 Å². The molecule has 0 bridgehead atoms. The molecule has 1 aliphatic rings. The number of urea groups is 1. The van der Waals surface area contributed by atoms with E-state index in [1.807, 2.05) is 13.8 Å². The number of halogens is 2. The molecule has 0 radical (unpaired) electrons. The number of carbonyl (C=O) groups is 3. The van der Waals surface area contributed by atoms with Crippen LogP contribution in [-0.2, 0) is 9.59 Å². The van der Waals surface area contributed by atoms with Crippen LogP contribution in [0.1, 0.15) is 78.6 Å². The Kier molecular flexibility index (Phi) is 13.4. The van der Waals surface area contributed by atoms with Gasteiger partial charge in [-0.05, 0) is 30.5 Å². The van der Waals surface area contributed by atoms with Crippen molar-refractivity contribution in [2.75, 3.05) is 31.5 Å². The highest BCUT2D eigenvalue weighted by Gasteiger charge is 2.32. The SMILES string of the molecule is CCCCCCCCCC(=O)NC(C(=O)N1CCN(C(=O)Nc2ccc(Cl)c(Cl)c2)CC1)C(C)CC. The lowest BCUT2D eigenvalue weighted by atomic mass is 9.97. The van der Waals surface area contributed by atoms with Crippen LogP contribution in [0.2, 0.25) is 10.0 Å². The summed E-state index contributed by atoms with van der Waals surface area (Å²) in [5, 5.41) is 6.62. The second kappa shape index (κ2) is 16.0. The number of nitrogens with one attached hydrogen (secondary N) is 2. The average molecular weight is 542 g/mol. The molecule has 1 heterocycles. The van der Waals surface area contributed by atoms with Crippen molar-refractivity contribution >= 4 is 46.7 Å². The first-order valence-electron chi connectivity index (χ1n) is 13.4. The highest BCUT2D eigenvalue weighted by atomic mass is 35.5. The van der Waals surface area contributed by atoms with Crippen molar-refractivity contribution in [2.45, 2.75) is 84.6 Å². The largest absolute Gasteiger partial charge is 0.344 e. The number of piperazine rings is 1. The maximum atomic E-state index is 13.3. The van der Waals surface area contributed by atoms with Crippen LogP contribution >= 0.6 is 23.2 Å². The molecule has 9 heteroatoms. The van der Waals surface area contributed by atoms with Crippen molar-refractivity contribution in [3.05, 3.63) is 28.2 Å². The third-order valence-corrected chi connectivity index (χ3v) is 7.59. The standard InChI is InChI=1S/C27H42Cl2N4O3/c1-4-6-7-8-9-10-11-12-24(34)31-25(20(3)5-2)26(35)32-15-17-33(18-16-32)27(36)30-21-13-14-22(28)23(29)19-21/h13-14,19-20,25H,4-12,15-18H2,1-3H3,(H,30,36)(H,31,34). The van der Waals surface area contributed by atoms with Gasteiger partial charge in [0.1, 0.15) is 6.04 Å². The van der Waals surface area contributed by atoms with E-state index in [9.17, 15) is 14.4 Å². The second-order valence-corrected chi connectivity index (χ2v) is 10.5. The molecule has 202 valence electrons. The van der Waals surface area contributed by atoms with E-state index in [1.54, 1.807) is 28.0 Å². The Labute approximate surface area is 226 Å². The quantitative estimate of drug-likeness (QED) is 0.286. The Morgan fingerprint density at radius 3 is 2.11 bits per heavy atom. The zero-order valence-electron chi connectivity index (χ0n) is 22.0. The van der Waals surface area contributed by atoms with Gasteiger partial charge in [-0.1, -0.05) is 88.9 Å². The Hall–Kier alpha value is -1.99. The van der Waals surface area contributed by atoms with Gasteiger partial charge in [0.15, 0.2) is 0 Å². The first-order valence-corrected chi connectivity index (χ1v) is 14.1. The van der Waals surface area contributed by atoms with E-state index in [1.165, 1.54) is 25.7 Å². The third kappa shape index (κ3) is 9.81. The minimum absolute atomic E-state index is 0.0338. The van der Waals surface area contributed by atoms with Gasteiger partial charge < -0.3 is 20.4 Å². The molecule has 0 saturated carbocycles. The Morgan fingerprint density at radius 1 is 0.889 bits per heavy atom. The van der Waals surface area contributed by atoms with Gasteiger partial charge in [-0.2, -0.15) is 0 Å². The normalized spacial score (nSPS) is 15.4. The molecule has 36 heavy (non-hydrogen) atoms. The highest BCUT2D eigenvalue weighted by molar-refractivity contribution is 6.42. The Morgan fingerprint density at radius 2 is 1.50 bits per heavy atom. The first kappa shape index (κ1) is 30.2. The number of unbranched alkanes of at least 4 members (excludes halogenated alkanes) is 6. The van der Waals surface area contributed by atoms with Crippen molar-refractivity contribution < 1.29 is 14.4 Å². The molecular weight excluding hydrogens is 499 g/mol. The fourth-order valence-electron chi connectivity index (χ4n) is 4.27. The van der Waals surface area contributed by atoms with Gasteiger partial charge in [-0.25, -0.2) is 4.79 Å². The van der Waals surface area contributed by atoms with Crippen molar-refractivity contribution in [3.8, 4) is 0 Å². The van der Waals surface area contributed by atoms with Crippen LogP contribution in [-0.4, -0.2) is 59.9 Å². The number of nitrogens with zero attached hydrogens (tertiary/aromatic N) is 2. The van der Waals surface area contributed by atoms with Gasteiger partial charge in [-0.15, -0.1) is 0 Å². The van der Waals surface area contributed by atoms with Crippen LogP contribution < -0.4 is 10.6 Å². The molecule has 0 aromatic heterocycles. The van der Waals surface area contributed by atoms with Gasteiger partial charge >= 0.3 is 6.03 Å². The lowest BCUT2D eigenvalue weighted by molar-refractivity contribution is -0.139. The molecule has 2 unspecified atom stereocenters. The lowest BCUT2D eigenvalue weighted by Gasteiger charge is -2.37. The summed E-state index contributed by atoms with van der Waals surface area (Å²) in [4.78, 5) is 42.0. The molecule has 7 nitrogen and oxygen atoms in total. The fourth-order valence-corrected chi connectivity index (χ4v) is 4.57. The number of benzene rings is 1. The maximum Gasteiger partial charge on any atom is 0.321 e. The molecule has 1 aromatic rings. The number of anilines is 1. The maximum absolute atomic E-state index is 13.3. The van der Waals surface area contributed by atoms with Crippen molar-refractivity contribution in [3.63, 3.8) is 0 Å². The number of rotatable bonds is 13. The van der Waals surface area contributed by atoms with Gasteiger partial charge in [0.25, 0.3) is 0 Å². The Bertz CT molecular complexity index is 859. The number of hydrogen-bond donors (Lipinski definition) is 2. The zero-order chi connectivity index (χ0) is 26.5. The lowest BCUT2D eigenvalue weighted by Crippen LogP contribution is -2.57. The molecular formula is C27H42Cl2N4O3. The van der Waals surface area contributed by atoms with Crippen molar-refractivity contribution in [1.29, 1.82) is 0 Å². The molecule has 1 fully saturated rings. The van der Waals surface area contributed by atoms with Crippen molar-refractivity contribution in [1.82, 2.24) is 15.1 Å². The van der Waals surface area contributed by atoms with Crippen LogP contribution in [0.15, 0.2) is 18.2 Å². The minimum atomic E-state index is -0.538. The fraction of sp³-hybridized carbons (Fsp3) is 0.667. The first-order chi connectivity index (χ1) is 17.3. The van der Waals surface area contributed by atoms with E-state index in [2.05, 4.69) is 17.6 Å². The number of carbonyl (C=O) groups excluding carboxylic acids is 3. The third-order valence-electron chi connectivity index (χ3n) is 6.85. The summed E-state index contributed by atoms with van der Waals surface area (Å²) in [6.45, 7) is 7.91. The van der Waals surface area contributed by atoms with E-state index in [0.717, 1.165) is 25.7 Å². The summed E-state index contributed by atoms with van der Waals surface area (Å²) in [5.41, 5.74) is 0.563. The van der Waals surface area contributed by atoms with Crippen LogP contribution in [0.4, 0.5) is 10.5 Å². The molecule has 0 spiro atoms. The van der Waals surface area contributed by atoms with Gasteiger partial charge in [0.2, 0.25) is 11.8 Å². The Balaban J connectivity index is 1.81. The van der Waals surface area contributed by atoms with Gasteiger partial charge in [0.05, 0.1) is 10.0 Å². The summed E-state index contributed by atoms with van der Waals surface area (Å²) in [6.07, 6.45) is 9.29. The van der Waals surface area contributed by atoms with Gasteiger partial charge in [0, 0.05) is 38.3 Å². The van der Waals surface area contributed by atoms with E-state index in [4.69, 9.17) is 23.2 Å². The highest BCUT2D eigenvalue weighted by Crippen LogP contribution is 2.25. The van der Waals surface area contributed by atoms with Crippen LogP contribution in [0, 0.1) is 5.92 Å². The summed E-state index contributed by atoms with van der Waals surface area (Å²) in [5.74, 6) is -0.0878. The summed E-state index contributed by atoms with van der Waals surface area (Å²) >= 11 is 12.0. The molecule has 1 aliphatic heterocycles. The molecule has 2 N–H and O–H groups in total. The van der Waals surface area contributed by atoms with E-state index in [0.29, 0.717) is 48.3 Å². The average Bonchev–Trinajstić information content (AvgIpc) is 2.88. The topological polar surface area (TPSA) is 81.8 Å². The molecule has 0 aliphatic carbocycles. The molecule has 1 aromatic carbocycles. The van der Waals surface area contributed by atoms with E-state index >= 15 is 0 Å². The summed E-state index contributed by atoms with van der Waals surface area (Å²) < 4.78 is 0.